The summed E-state index contributed by atoms with van der Waals surface area (Å²) >= 11 is 0. The van der Waals surface area contributed by atoms with Crippen LogP contribution in [0.4, 0.5) is 0 Å². The number of benzene rings is 1. The van der Waals surface area contributed by atoms with E-state index < -0.39 is 5.54 Å². The van der Waals surface area contributed by atoms with E-state index in [1.807, 2.05) is 42.3 Å². The molecule has 0 saturated carbocycles. The molecule has 1 aromatic carbocycles. The normalized spacial score (nSPS) is 22.1. The minimum absolute atomic E-state index is 0.0596. The number of carbonyl (C=O) groups is 2. The van der Waals surface area contributed by atoms with Crippen molar-refractivity contribution < 1.29 is 9.59 Å². The molecular formula is C16H21N3O2. The van der Waals surface area contributed by atoms with Crippen molar-refractivity contribution in [1.29, 1.82) is 0 Å². The molecule has 2 aliphatic rings. The zero-order valence-electron chi connectivity index (χ0n) is 12.3. The van der Waals surface area contributed by atoms with Gasteiger partial charge >= 0.3 is 0 Å². The number of piperazine rings is 1. The quantitative estimate of drug-likeness (QED) is 0.828. The molecule has 0 aromatic heterocycles. The smallest absolute Gasteiger partial charge is 0.253 e. The van der Waals surface area contributed by atoms with Crippen LogP contribution in [0.15, 0.2) is 30.3 Å². The van der Waals surface area contributed by atoms with E-state index in [0.717, 1.165) is 12.1 Å². The second kappa shape index (κ2) is 5.48. The zero-order valence-corrected chi connectivity index (χ0v) is 12.3. The lowest BCUT2D eigenvalue weighted by Gasteiger charge is -2.48. The largest absolute Gasteiger partial charge is 0.353 e. The third-order valence-electron chi connectivity index (χ3n) is 4.78. The number of hydrogen-bond acceptors (Lipinski definition) is 3. The van der Waals surface area contributed by atoms with E-state index in [1.165, 1.54) is 0 Å². The molecule has 1 aromatic rings. The molecule has 1 N–H and O–H groups in total. The minimum Gasteiger partial charge on any atom is -0.353 e. The van der Waals surface area contributed by atoms with Crippen molar-refractivity contribution in [3.8, 4) is 0 Å². The van der Waals surface area contributed by atoms with E-state index in [4.69, 9.17) is 0 Å². The van der Waals surface area contributed by atoms with Gasteiger partial charge in [0.25, 0.3) is 5.91 Å². The predicted octanol–water partition coefficient (Wildman–Crippen LogP) is 0.723. The minimum atomic E-state index is -0.425. The van der Waals surface area contributed by atoms with Gasteiger partial charge in [-0.25, -0.2) is 0 Å². The Morgan fingerprint density at radius 2 is 1.81 bits per heavy atom. The maximum absolute atomic E-state index is 12.4. The molecule has 0 unspecified atom stereocenters. The van der Waals surface area contributed by atoms with E-state index in [1.54, 1.807) is 0 Å². The summed E-state index contributed by atoms with van der Waals surface area (Å²) in [6, 6.07) is 9.34. The van der Waals surface area contributed by atoms with Gasteiger partial charge in [0.15, 0.2) is 0 Å². The summed E-state index contributed by atoms with van der Waals surface area (Å²) in [6.07, 6.45) is 1.40. The van der Waals surface area contributed by atoms with E-state index in [2.05, 4.69) is 10.2 Å². The lowest BCUT2D eigenvalue weighted by molar-refractivity contribution is -0.139. The highest BCUT2D eigenvalue weighted by molar-refractivity contribution is 5.94. The van der Waals surface area contributed by atoms with Crippen molar-refractivity contribution in [1.82, 2.24) is 15.1 Å². The summed E-state index contributed by atoms with van der Waals surface area (Å²) < 4.78 is 0. The maximum Gasteiger partial charge on any atom is 0.253 e. The zero-order chi connectivity index (χ0) is 14.9. The number of amides is 2. The van der Waals surface area contributed by atoms with Crippen molar-refractivity contribution in [2.75, 3.05) is 33.2 Å². The number of rotatable bonds is 1. The van der Waals surface area contributed by atoms with Crippen molar-refractivity contribution in [2.24, 2.45) is 0 Å². The fraction of sp³-hybridized carbons (Fsp3) is 0.500. The highest BCUT2D eigenvalue weighted by atomic mass is 16.2. The van der Waals surface area contributed by atoms with Crippen LogP contribution in [0.25, 0.3) is 0 Å². The summed E-state index contributed by atoms with van der Waals surface area (Å²) in [5.41, 5.74) is 0.293. The first-order valence-electron chi connectivity index (χ1n) is 7.47. The van der Waals surface area contributed by atoms with Gasteiger partial charge in [-0.1, -0.05) is 18.2 Å². The molecular weight excluding hydrogens is 266 g/mol. The molecule has 2 amide bonds. The van der Waals surface area contributed by atoms with Crippen LogP contribution < -0.4 is 5.32 Å². The van der Waals surface area contributed by atoms with Crippen LogP contribution in [-0.2, 0) is 4.79 Å². The molecule has 112 valence electrons. The topological polar surface area (TPSA) is 52.7 Å². The number of nitrogens with one attached hydrogen (secondary N) is 1. The Bertz CT molecular complexity index is 536. The summed E-state index contributed by atoms with van der Waals surface area (Å²) in [5.74, 6) is 0.174. The van der Waals surface area contributed by atoms with Crippen molar-refractivity contribution in [3.05, 3.63) is 35.9 Å². The molecule has 0 atom stereocenters. The molecule has 2 aliphatic heterocycles. The maximum atomic E-state index is 12.4. The van der Waals surface area contributed by atoms with Gasteiger partial charge in [-0.2, -0.15) is 0 Å². The molecule has 2 heterocycles. The van der Waals surface area contributed by atoms with Crippen molar-refractivity contribution >= 4 is 11.8 Å². The molecule has 0 radical (unpaired) electrons. The Hall–Kier alpha value is -1.88. The van der Waals surface area contributed by atoms with Gasteiger partial charge in [0.05, 0.1) is 0 Å². The van der Waals surface area contributed by atoms with Crippen LogP contribution in [0.2, 0.25) is 0 Å². The van der Waals surface area contributed by atoms with Crippen LogP contribution >= 0.6 is 0 Å². The van der Waals surface area contributed by atoms with Crippen LogP contribution in [0.5, 0.6) is 0 Å². The number of likely N-dealkylation sites (tertiary alicyclic amines) is 1. The van der Waals surface area contributed by atoms with Gasteiger partial charge < -0.3 is 10.2 Å². The number of likely N-dealkylation sites (N-methyl/N-ethyl adjacent to an activating group) is 1. The molecule has 3 rings (SSSR count). The number of carbonyl (C=O) groups excluding carboxylic acids is 2. The third kappa shape index (κ3) is 2.42. The Morgan fingerprint density at radius 3 is 2.43 bits per heavy atom. The molecule has 5 nitrogen and oxygen atoms in total. The summed E-state index contributed by atoms with van der Waals surface area (Å²) in [5, 5.41) is 2.96. The van der Waals surface area contributed by atoms with Crippen LogP contribution in [0, 0.1) is 0 Å². The Labute approximate surface area is 124 Å². The first-order valence-corrected chi connectivity index (χ1v) is 7.47. The molecule has 0 aliphatic carbocycles. The highest BCUT2D eigenvalue weighted by Crippen LogP contribution is 2.30. The standard InChI is InChI=1S/C16H21N3O2/c1-18-12-9-17-15(21)16(18)7-10-19(11-8-16)14(20)13-5-3-2-4-6-13/h2-6H,7-12H2,1H3,(H,17,21). The van der Waals surface area contributed by atoms with E-state index in [9.17, 15) is 9.59 Å². The Morgan fingerprint density at radius 1 is 1.14 bits per heavy atom. The molecule has 21 heavy (non-hydrogen) atoms. The monoisotopic (exact) mass is 287 g/mol. The van der Waals surface area contributed by atoms with Gasteiger partial charge in [-0.3, -0.25) is 14.5 Å². The molecule has 2 saturated heterocycles. The molecule has 2 fully saturated rings. The molecule has 1 spiro atoms. The highest BCUT2D eigenvalue weighted by Gasteiger charge is 2.46. The number of hydrogen-bond donors (Lipinski definition) is 1. The first kappa shape index (κ1) is 14.1. The average Bonchev–Trinajstić information content (AvgIpc) is 2.53. The summed E-state index contributed by atoms with van der Waals surface area (Å²) in [6.45, 7) is 2.85. The van der Waals surface area contributed by atoms with Crippen LogP contribution in [-0.4, -0.2) is 60.4 Å². The SMILES string of the molecule is CN1CCNC(=O)C12CCN(C(=O)c1ccccc1)CC2. The van der Waals surface area contributed by atoms with E-state index in [-0.39, 0.29) is 11.8 Å². The first-order chi connectivity index (χ1) is 10.1. The summed E-state index contributed by atoms with van der Waals surface area (Å²) in [4.78, 5) is 28.7. The van der Waals surface area contributed by atoms with Gasteiger partial charge in [-0.05, 0) is 32.0 Å². The van der Waals surface area contributed by atoms with Gasteiger partial charge in [0, 0.05) is 31.7 Å². The number of nitrogens with zero attached hydrogens (tertiary/aromatic N) is 2. The van der Waals surface area contributed by atoms with Gasteiger partial charge in [-0.15, -0.1) is 0 Å². The average molecular weight is 287 g/mol. The third-order valence-corrected chi connectivity index (χ3v) is 4.78. The van der Waals surface area contributed by atoms with Crippen molar-refractivity contribution in [3.63, 3.8) is 0 Å². The van der Waals surface area contributed by atoms with E-state index >= 15 is 0 Å². The lowest BCUT2D eigenvalue weighted by Crippen LogP contribution is -2.67. The van der Waals surface area contributed by atoms with Crippen LogP contribution in [0.3, 0.4) is 0 Å². The van der Waals surface area contributed by atoms with Gasteiger partial charge in [0.1, 0.15) is 5.54 Å². The fourth-order valence-electron chi connectivity index (χ4n) is 3.34. The van der Waals surface area contributed by atoms with Crippen molar-refractivity contribution in [2.45, 2.75) is 18.4 Å². The fourth-order valence-corrected chi connectivity index (χ4v) is 3.34. The Kier molecular flexibility index (Phi) is 3.68. The second-order valence-corrected chi connectivity index (χ2v) is 5.87. The van der Waals surface area contributed by atoms with E-state index in [0.29, 0.717) is 32.5 Å². The van der Waals surface area contributed by atoms with Gasteiger partial charge in [0.2, 0.25) is 5.91 Å². The predicted molar refractivity (Wildman–Crippen MR) is 80.0 cm³/mol. The summed E-state index contributed by atoms with van der Waals surface area (Å²) in [7, 11) is 2.01. The molecule has 0 bridgehead atoms. The number of piperidine rings is 1. The molecule has 5 heteroatoms. The van der Waals surface area contributed by atoms with Crippen LogP contribution in [0.1, 0.15) is 23.2 Å². The second-order valence-electron chi connectivity index (χ2n) is 5.87. The lowest BCUT2D eigenvalue weighted by atomic mass is 9.83. The Balaban J connectivity index is 1.70.